The van der Waals surface area contributed by atoms with E-state index in [0.717, 1.165) is 31.4 Å². The summed E-state index contributed by atoms with van der Waals surface area (Å²) in [6.45, 7) is 0.00772. The molecule has 4 nitrogen and oxygen atoms in total. The molecule has 1 aliphatic carbocycles. The van der Waals surface area contributed by atoms with Gasteiger partial charge < -0.3 is 11.1 Å². The minimum absolute atomic E-state index is 0.00772. The van der Waals surface area contributed by atoms with Crippen molar-refractivity contribution in [1.29, 1.82) is 0 Å². The third kappa shape index (κ3) is 3.64. The van der Waals surface area contributed by atoms with Crippen molar-refractivity contribution in [3.63, 3.8) is 0 Å². The van der Waals surface area contributed by atoms with Crippen LogP contribution in [0.4, 0.5) is 5.69 Å². The fourth-order valence-electron chi connectivity index (χ4n) is 2.47. The maximum absolute atomic E-state index is 12.0. The van der Waals surface area contributed by atoms with Crippen molar-refractivity contribution in [2.24, 2.45) is 11.7 Å². The second-order valence-corrected chi connectivity index (χ2v) is 5.03. The number of benzene rings is 1. The van der Waals surface area contributed by atoms with Gasteiger partial charge in [-0.2, -0.15) is 0 Å². The summed E-state index contributed by atoms with van der Waals surface area (Å²) in [6.07, 6.45) is 5.48. The molecular formula is C15H20N2O2. The van der Waals surface area contributed by atoms with Crippen LogP contribution in [0, 0.1) is 5.92 Å². The third-order valence-electron chi connectivity index (χ3n) is 3.64. The van der Waals surface area contributed by atoms with Gasteiger partial charge in [-0.05, 0) is 37.1 Å². The number of amides is 1. The second kappa shape index (κ2) is 6.48. The van der Waals surface area contributed by atoms with E-state index >= 15 is 0 Å². The van der Waals surface area contributed by atoms with Gasteiger partial charge in [-0.25, -0.2) is 0 Å². The number of hydrogen-bond acceptors (Lipinski definition) is 3. The van der Waals surface area contributed by atoms with Gasteiger partial charge in [-0.3, -0.25) is 9.59 Å². The molecule has 0 spiro atoms. The Bertz CT molecular complexity index is 448. The molecule has 4 heteroatoms. The van der Waals surface area contributed by atoms with Crippen LogP contribution in [0.15, 0.2) is 24.3 Å². The number of ketones is 1. The van der Waals surface area contributed by atoms with Gasteiger partial charge in [0.2, 0.25) is 5.91 Å². The summed E-state index contributed by atoms with van der Waals surface area (Å²) in [5, 5.41) is 2.91. The Morgan fingerprint density at radius 3 is 2.32 bits per heavy atom. The molecule has 0 saturated heterocycles. The monoisotopic (exact) mass is 260 g/mol. The summed E-state index contributed by atoms with van der Waals surface area (Å²) in [7, 11) is 0. The van der Waals surface area contributed by atoms with Gasteiger partial charge in [0.05, 0.1) is 6.54 Å². The van der Waals surface area contributed by atoms with Gasteiger partial charge in [0.1, 0.15) is 0 Å². The minimum Gasteiger partial charge on any atom is -0.326 e. The fraction of sp³-hybridized carbons (Fsp3) is 0.467. The molecule has 0 aromatic heterocycles. The highest BCUT2D eigenvalue weighted by Crippen LogP contribution is 2.25. The van der Waals surface area contributed by atoms with Crippen molar-refractivity contribution >= 4 is 17.4 Å². The fourth-order valence-corrected chi connectivity index (χ4v) is 2.47. The number of hydrogen-bond donors (Lipinski definition) is 2. The third-order valence-corrected chi connectivity index (χ3v) is 3.64. The number of Topliss-reactive ketones (excluding diaryl/α,β-unsaturated/α-hetero) is 1. The molecule has 0 radical (unpaired) electrons. The second-order valence-electron chi connectivity index (χ2n) is 5.03. The highest BCUT2D eigenvalue weighted by molar-refractivity contribution is 5.98. The number of nitrogens with one attached hydrogen (secondary N) is 1. The zero-order valence-corrected chi connectivity index (χ0v) is 11.0. The number of rotatable bonds is 4. The molecule has 1 amide bonds. The minimum atomic E-state index is -0.0924. The molecule has 1 aromatic carbocycles. The van der Waals surface area contributed by atoms with Crippen LogP contribution in [-0.4, -0.2) is 18.2 Å². The van der Waals surface area contributed by atoms with Crippen LogP contribution in [0.25, 0.3) is 0 Å². The first-order valence-electron chi connectivity index (χ1n) is 6.85. The highest BCUT2D eigenvalue weighted by Gasteiger charge is 2.20. The van der Waals surface area contributed by atoms with Crippen LogP contribution < -0.4 is 11.1 Å². The standard InChI is InChI=1S/C15H20N2O2/c16-10-14(18)11-6-8-13(9-7-11)17-15(19)12-4-2-1-3-5-12/h6-9,12H,1-5,10,16H2,(H,17,19). The van der Waals surface area contributed by atoms with E-state index in [1.165, 1.54) is 6.42 Å². The zero-order valence-electron chi connectivity index (χ0n) is 11.0. The molecule has 0 heterocycles. The smallest absolute Gasteiger partial charge is 0.227 e. The Labute approximate surface area is 113 Å². The van der Waals surface area contributed by atoms with E-state index in [0.29, 0.717) is 5.56 Å². The van der Waals surface area contributed by atoms with Crippen molar-refractivity contribution < 1.29 is 9.59 Å². The van der Waals surface area contributed by atoms with Crippen LogP contribution in [0.3, 0.4) is 0 Å². The van der Waals surface area contributed by atoms with Crippen LogP contribution in [0.5, 0.6) is 0 Å². The molecule has 102 valence electrons. The van der Waals surface area contributed by atoms with Gasteiger partial charge in [0.25, 0.3) is 0 Å². The molecule has 0 aliphatic heterocycles. The lowest BCUT2D eigenvalue weighted by Gasteiger charge is -2.20. The average Bonchev–Trinajstić information content (AvgIpc) is 2.48. The number of carbonyl (C=O) groups is 2. The summed E-state index contributed by atoms with van der Waals surface area (Å²) >= 11 is 0. The summed E-state index contributed by atoms with van der Waals surface area (Å²) in [5.41, 5.74) is 6.62. The lowest BCUT2D eigenvalue weighted by Crippen LogP contribution is -2.24. The molecule has 1 aromatic rings. The first-order chi connectivity index (χ1) is 9.20. The highest BCUT2D eigenvalue weighted by atomic mass is 16.2. The Kier molecular flexibility index (Phi) is 4.68. The molecule has 1 fully saturated rings. The summed E-state index contributed by atoms with van der Waals surface area (Å²) < 4.78 is 0. The van der Waals surface area contributed by atoms with Gasteiger partial charge >= 0.3 is 0 Å². The number of anilines is 1. The Morgan fingerprint density at radius 2 is 1.74 bits per heavy atom. The first-order valence-corrected chi connectivity index (χ1v) is 6.85. The van der Waals surface area contributed by atoms with Crippen molar-refractivity contribution in [1.82, 2.24) is 0 Å². The predicted octanol–water partition coefficient (Wildman–Crippen LogP) is 2.35. The van der Waals surface area contributed by atoms with Crippen molar-refractivity contribution in [2.45, 2.75) is 32.1 Å². The zero-order chi connectivity index (χ0) is 13.7. The van der Waals surface area contributed by atoms with E-state index in [4.69, 9.17) is 5.73 Å². The summed E-state index contributed by atoms with van der Waals surface area (Å²) in [4.78, 5) is 23.4. The van der Waals surface area contributed by atoms with Gasteiger partial charge in [0.15, 0.2) is 5.78 Å². The molecule has 0 bridgehead atoms. The van der Waals surface area contributed by atoms with Gasteiger partial charge in [-0.15, -0.1) is 0 Å². The van der Waals surface area contributed by atoms with Gasteiger partial charge in [-0.1, -0.05) is 19.3 Å². The van der Waals surface area contributed by atoms with Crippen LogP contribution in [0.2, 0.25) is 0 Å². The SMILES string of the molecule is NCC(=O)c1ccc(NC(=O)C2CCCCC2)cc1. The lowest BCUT2D eigenvalue weighted by atomic mass is 9.88. The summed E-state index contributed by atoms with van der Waals surface area (Å²) in [5.74, 6) is 0.141. The average molecular weight is 260 g/mol. The predicted molar refractivity (Wildman–Crippen MR) is 75.0 cm³/mol. The first kappa shape index (κ1) is 13.7. The topological polar surface area (TPSA) is 72.2 Å². The lowest BCUT2D eigenvalue weighted by molar-refractivity contribution is -0.120. The van der Waals surface area contributed by atoms with Crippen LogP contribution in [0.1, 0.15) is 42.5 Å². The van der Waals surface area contributed by atoms with E-state index < -0.39 is 0 Å². The normalized spacial score (nSPS) is 16.1. The van der Waals surface area contributed by atoms with E-state index in [1.807, 2.05) is 0 Å². The maximum Gasteiger partial charge on any atom is 0.227 e. The van der Waals surface area contributed by atoms with Crippen molar-refractivity contribution in [3.8, 4) is 0 Å². The van der Waals surface area contributed by atoms with Gasteiger partial charge in [0, 0.05) is 17.2 Å². The van der Waals surface area contributed by atoms with Crippen molar-refractivity contribution in [3.05, 3.63) is 29.8 Å². The quantitative estimate of drug-likeness (QED) is 0.816. The van der Waals surface area contributed by atoms with E-state index in [9.17, 15) is 9.59 Å². The van der Waals surface area contributed by atoms with Crippen LogP contribution in [-0.2, 0) is 4.79 Å². The number of nitrogens with two attached hydrogens (primary N) is 1. The molecule has 1 saturated carbocycles. The Balaban J connectivity index is 1.95. The Hall–Kier alpha value is -1.68. The van der Waals surface area contributed by atoms with Crippen LogP contribution >= 0.6 is 0 Å². The molecule has 3 N–H and O–H groups in total. The number of carbonyl (C=O) groups excluding carboxylic acids is 2. The van der Waals surface area contributed by atoms with Crippen molar-refractivity contribution in [2.75, 3.05) is 11.9 Å². The van der Waals surface area contributed by atoms with E-state index in [-0.39, 0.29) is 24.2 Å². The summed E-state index contributed by atoms with van der Waals surface area (Å²) in [6, 6.07) is 6.91. The molecule has 0 unspecified atom stereocenters. The van der Waals surface area contributed by atoms with E-state index in [2.05, 4.69) is 5.32 Å². The molecule has 0 atom stereocenters. The largest absolute Gasteiger partial charge is 0.326 e. The molecule has 2 rings (SSSR count). The molecule has 19 heavy (non-hydrogen) atoms. The van der Waals surface area contributed by atoms with E-state index in [1.54, 1.807) is 24.3 Å². The Morgan fingerprint density at radius 1 is 1.11 bits per heavy atom. The maximum atomic E-state index is 12.0. The molecular weight excluding hydrogens is 240 g/mol. The molecule has 1 aliphatic rings.